The summed E-state index contributed by atoms with van der Waals surface area (Å²) < 4.78 is 0. The first-order chi connectivity index (χ1) is 13.5. The smallest absolute Gasteiger partial charge is 0.324 e. The summed E-state index contributed by atoms with van der Waals surface area (Å²) in [7, 11) is 0. The first kappa shape index (κ1) is 20.9. The Morgan fingerprint density at radius 3 is 2.38 bits per heavy atom. The summed E-state index contributed by atoms with van der Waals surface area (Å²) in [4.78, 5) is 39.0. The lowest BCUT2D eigenvalue weighted by Gasteiger charge is -2.24. The highest BCUT2D eigenvalue weighted by molar-refractivity contribution is 6.32. The van der Waals surface area contributed by atoms with E-state index in [0.29, 0.717) is 16.3 Å². The van der Waals surface area contributed by atoms with E-state index < -0.39 is 23.4 Å². The highest BCUT2D eigenvalue weighted by Gasteiger charge is 2.50. The molecule has 1 aliphatic heterocycles. The van der Waals surface area contributed by atoms with Gasteiger partial charge in [-0.05, 0) is 30.0 Å². The van der Waals surface area contributed by atoms with Crippen LogP contribution in [0.15, 0.2) is 48.5 Å². The van der Waals surface area contributed by atoms with Crippen molar-refractivity contribution < 1.29 is 14.4 Å². The molecule has 29 heavy (non-hydrogen) atoms. The number of carbonyl (C=O) groups is 3. The van der Waals surface area contributed by atoms with Gasteiger partial charge in [-0.3, -0.25) is 14.5 Å². The van der Waals surface area contributed by atoms with Gasteiger partial charge in [-0.2, -0.15) is 0 Å². The van der Waals surface area contributed by atoms with Crippen LogP contribution >= 0.6 is 11.6 Å². The van der Waals surface area contributed by atoms with E-state index in [0.717, 1.165) is 10.5 Å². The Hall–Kier alpha value is -2.86. The number of hydrogen-bond donors (Lipinski definition) is 2. The minimum atomic E-state index is -1.32. The summed E-state index contributed by atoms with van der Waals surface area (Å²) in [5.74, 6) is -0.969. The molecule has 6 nitrogen and oxygen atoms in total. The molecule has 0 unspecified atom stereocenters. The van der Waals surface area contributed by atoms with Crippen LogP contribution < -0.4 is 10.6 Å². The average Bonchev–Trinajstić information content (AvgIpc) is 2.85. The van der Waals surface area contributed by atoms with E-state index in [4.69, 9.17) is 11.6 Å². The fraction of sp³-hybridized carbons (Fsp3) is 0.318. The molecular formula is C22H24ClN3O3. The van der Waals surface area contributed by atoms with Crippen LogP contribution in [0, 0.1) is 0 Å². The van der Waals surface area contributed by atoms with E-state index in [1.165, 1.54) is 0 Å². The third-order valence-electron chi connectivity index (χ3n) is 5.00. The lowest BCUT2D eigenvalue weighted by atomic mass is 9.86. The maximum Gasteiger partial charge on any atom is 0.325 e. The quantitative estimate of drug-likeness (QED) is 0.742. The molecular weight excluding hydrogens is 390 g/mol. The number of imide groups is 1. The van der Waals surface area contributed by atoms with E-state index in [-0.39, 0.29) is 12.0 Å². The molecule has 3 rings (SSSR count). The van der Waals surface area contributed by atoms with Gasteiger partial charge in [0, 0.05) is 16.3 Å². The summed E-state index contributed by atoms with van der Waals surface area (Å²) in [6, 6.07) is 13.7. The molecule has 0 radical (unpaired) electrons. The second-order valence-electron chi connectivity index (χ2n) is 8.27. The van der Waals surface area contributed by atoms with Crippen LogP contribution in [0.2, 0.25) is 5.02 Å². The molecule has 152 valence electrons. The van der Waals surface area contributed by atoms with Crippen molar-refractivity contribution in [2.75, 3.05) is 11.9 Å². The topological polar surface area (TPSA) is 78.5 Å². The van der Waals surface area contributed by atoms with Gasteiger partial charge in [0.05, 0.1) is 0 Å². The van der Waals surface area contributed by atoms with Crippen molar-refractivity contribution >= 4 is 35.1 Å². The molecule has 1 saturated heterocycles. The summed E-state index contributed by atoms with van der Waals surface area (Å²) in [5.41, 5.74) is 0.616. The molecule has 1 atom stereocenters. The first-order valence-electron chi connectivity index (χ1n) is 9.32. The Morgan fingerprint density at radius 1 is 1.10 bits per heavy atom. The van der Waals surface area contributed by atoms with Gasteiger partial charge in [0.15, 0.2) is 0 Å². The summed E-state index contributed by atoms with van der Waals surface area (Å²) in [5, 5.41) is 5.86. The van der Waals surface area contributed by atoms with Crippen molar-refractivity contribution in [3.63, 3.8) is 0 Å². The van der Waals surface area contributed by atoms with Crippen molar-refractivity contribution in [3.05, 3.63) is 64.7 Å². The number of nitrogens with zero attached hydrogens (tertiary/aromatic N) is 1. The van der Waals surface area contributed by atoms with Crippen LogP contribution in [-0.2, 0) is 20.5 Å². The van der Waals surface area contributed by atoms with Crippen LogP contribution in [0.4, 0.5) is 10.5 Å². The van der Waals surface area contributed by atoms with Gasteiger partial charge < -0.3 is 10.6 Å². The van der Waals surface area contributed by atoms with Crippen molar-refractivity contribution in [1.29, 1.82) is 0 Å². The van der Waals surface area contributed by atoms with Gasteiger partial charge in [-0.1, -0.05) is 68.8 Å². The average molecular weight is 414 g/mol. The molecule has 0 aliphatic carbocycles. The van der Waals surface area contributed by atoms with Crippen molar-refractivity contribution in [3.8, 4) is 0 Å². The third kappa shape index (κ3) is 3.98. The Kier molecular flexibility index (Phi) is 5.41. The van der Waals surface area contributed by atoms with Gasteiger partial charge in [0.25, 0.3) is 5.91 Å². The number of halogens is 1. The van der Waals surface area contributed by atoms with Crippen LogP contribution in [0.5, 0.6) is 0 Å². The molecule has 0 aromatic heterocycles. The largest absolute Gasteiger partial charge is 0.325 e. The van der Waals surface area contributed by atoms with Crippen molar-refractivity contribution in [1.82, 2.24) is 10.2 Å². The Bertz CT molecular complexity index is 983. The fourth-order valence-electron chi connectivity index (χ4n) is 3.47. The van der Waals surface area contributed by atoms with E-state index in [9.17, 15) is 14.4 Å². The predicted molar refractivity (Wildman–Crippen MR) is 113 cm³/mol. The molecule has 1 fully saturated rings. The van der Waals surface area contributed by atoms with Crippen LogP contribution in [-0.4, -0.2) is 29.3 Å². The summed E-state index contributed by atoms with van der Waals surface area (Å²) in [6.45, 7) is 7.34. The Labute approximate surface area is 175 Å². The molecule has 2 N–H and O–H groups in total. The number of benzene rings is 2. The highest BCUT2D eigenvalue weighted by atomic mass is 35.5. The fourth-order valence-corrected chi connectivity index (χ4v) is 3.79. The second-order valence-corrected chi connectivity index (χ2v) is 8.68. The third-order valence-corrected chi connectivity index (χ3v) is 5.33. The first-order valence-corrected chi connectivity index (χ1v) is 9.70. The molecule has 7 heteroatoms. The number of urea groups is 1. The normalized spacial score (nSPS) is 19.3. The van der Waals surface area contributed by atoms with Crippen molar-refractivity contribution in [2.45, 2.75) is 38.6 Å². The number of para-hydroxylation sites is 1. The van der Waals surface area contributed by atoms with Gasteiger partial charge in [0.2, 0.25) is 5.91 Å². The number of amides is 4. The van der Waals surface area contributed by atoms with Gasteiger partial charge >= 0.3 is 6.03 Å². The number of hydrogen-bond acceptors (Lipinski definition) is 3. The number of carbonyl (C=O) groups excluding carboxylic acids is 3. The van der Waals surface area contributed by atoms with E-state index in [1.54, 1.807) is 37.3 Å². The number of nitrogens with one attached hydrogen (secondary N) is 2. The van der Waals surface area contributed by atoms with E-state index in [1.807, 2.05) is 39.0 Å². The zero-order valence-corrected chi connectivity index (χ0v) is 17.6. The predicted octanol–water partition coefficient (Wildman–Crippen LogP) is 4.04. The molecule has 4 amide bonds. The molecule has 2 aromatic carbocycles. The Morgan fingerprint density at radius 2 is 1.72 bits per heavy atom. The standard InChI is InChI=1S/C22H24ClN3O3/c1-21(2,3)15-10-6-8-12-17(15)24-18(27)13-26-19(28)22(4,25-20(26)29)14-9-5-7-11-16(14)23/h5-12H,13H2,1-4H3,(H,24,27)(H,25,29)/t22-/m0/s1. The zero-order chi connectivity index (χ0) is 21.4. The minimum absolute atomic E-state index is 0.173. The van der Waals surface area contributed by atoms with Crippen LogP contribution in [0.25, 0.3) is 0 Å². The molecule has 0 bridgehead atoms. The summed E-state index contributed by atoms with van der Waals surface area (Å²) in [6.07, 6.45) is 0. The number of anilines is 1. The van der Waals surface area contributed by atoms with Gasteiger partial charge in [-0.15, -0.1) is 0 Å². The van der Waals surface area contributed by atoms with E-state index in [2.05, 4.69) is 10.6 Å². The van der Waals surface area contributed by atoms with Crippen molar-refractivity contribution in [2.24, 2.45) is 0 Å². The van der Waals surface area contributed by atoms with Crippen LogP contribution in [0.1, 0.15) is 38.8 Å². The van der Waals surface area contributed by atoms with Gasteiger partial charge in [-0.25, -0.2) is 4.79 Å². The lowest BCUT2D eigenvalue weighted by Crippen LogP contribution is -2.42. The number of rotatable bonds is 4. The zero-order valence-electron chi connectivity index (χ0n) is 16.9. The molecule has 1 aliphatic rings. The van der Waals surface area contributed by atoms with Crippen LogP contribution in [0.3, 0.4) is 0 Å². The van der Waals surface area contributed by atoms with Gasteiger partial charge in [0.1, 0.15) is 12.1 Å². The minimum Gasteiger partial charge on any atom is -0.324 e. The Balaban J connectivity index is 1.80. The van der Waals surface area contributed by atoms with E-state index >= 15 is 0 Å². The molecule has 0 spiro atoms. The molecule has 2 aromatic rings. The monoisotopic (exact) mass is 413 g/mol. The second kappa shape index (κ2) is 7.52. The molecule has 0 saturated carbocycles. The lowest BCUT2D eigenvalue weighted by molar-refractivity contribution is -0.133. The molecule has 1 heterocycles. The maximum absolute atomic E-state index is 13.0. The maximum atomic E-state index is 13.0. The summed E-state index contributed by atoms with van der Waals surface area (Å²) >= 11 is 6.23. The SMILES string of the molecule is CC(C)(C)c1ccccc1NC(=O)CN1C(=O)N[C@@](C)(c2ccccc2Cl)C1=O. The highest BCUT2D eigenvalue weighted by Crippen LogP contribution is 2.33.